The van der Waals surface area contributed by atoms with Crippen LogP contribution in [0.4, 0.5) is 0 Å². The predicted molar refractivity (Wildman–Crippen MR) is 72.9 cm³/mol. The zero-order chi connectivity index (χ0) is 13.1. The van der Waals surface area contributed by atoms with Crippen molar-refractivity contribution < 1.29 is 4.42 Å². The van der Waals surface area contributed by atoms with Crippen molar-refractivity contribution in [1.82, 2.24) is 9.78 Å². The highest BCUT2D eigenvalue weighted by Crippen LogP contribution is 2.17. The van der Waals surface area contributed by atoms with E-state index in [1.807, 2.05) is 53.5 Å². The third-order valence-electron chi connectivity index (χ3n) is 3.09. The van der Waals surface area contributed by atoms with Crippen molar-refractivity contribution >= 4 is 0 Å². The summed E-state index contributed by atoms with van der Waals surface area (Å²) >= 11 is 0. The smallest absolute Gasteiger partial charge is 0.0935 e. The van der Waals surface area contributed by atoms with Crippen LogP contribution in [0.5, 0.6) is 0 Å². The van der Waals surface area contributed by atoms with E-state index in [0.717, 1.165) is 23.2 Å². The summed E-state index contributed by atoms with van der Waals surface area (Å²) in [5.74, 6) is 0. The van der Waals surface area contributed by atoms with Gasteiger partial charge in [0.15, 0.2) is 0 Å². The lowest BCUT2D eigenvalue weighted by molar-refractivity contribution is 0.561. The van der Waals surface area contributed by atoms with Crippen LogP contribution in [0.1, 0.15) is 17.2 Å². The molecule has 0 radical (unpaired) electrons. The van der Waals surface area contributed by atoms with Crippen molar-refractivity contribution in [3.05, 3.63) is 72.4 Å². The van der Waals surface area contributed by atoms with Crippen LogP contribution in [0.25, 0.3) is 5.69 Å². The summed E-state index contributed by atoms with van der Waals surface area (Å²) in [5.41, 5.74) is 9.33. The second-order valence-electron chi connectivity index (χ2n) is 4.50. The zero-order valence-corrected chi connectivity index (χ0v) is 10.4. The molecule has 2 heterocycles. The molecule has 0 aliphatic carbocycles. The Balaban J connectivity index is 1.78. The Morgan fingerprint density at radius 1 is 1.21 bits per heavy atom. The van der Waals surface area contributed by atoms with Crippen molar-refractivity contribution in [1.29, 1.82) is 0 Å². The first-order valence-electron chi connectivity index (χ1n) is 6.19. The first kappa shape index (κ1) is 11.7. The van der Waals surface area contributed by atoms with E-state index in [9.17, 15) is 0 Å². The molecule has 2 N–H and O–H groups in total. The van der Waals surface area contributed by atoms with Crippen molar-refractivity contribution in [2.45, 2.75) is 12.5 Å². The van der Waals surface area contributed by atoms with Gasteiger partial charge in [-0.1, -0.05) is 18.2 Å². The molecular weight excluding hydrogens is 238 g/mol. The molecule has 0 fully saturated rings. The highest BCUT2D eigenvalue weighted by molar-refractivity contribution is 5.31. The quantitative estimate of drug-likeness (QED) is 0.777. The lowest BCUT2D eigenvalue weighted by atomic mass is 10.1. The summed E-state index contributed by atoms with van der Waals surface area (Å²) in [6.07, 6.45) is 7.92. The fourth-order valence-electron chi connectivity index (χ4n) is 2.03. The normalized spacial score (nSPS) is 12.5. The molecule has 1 unspecified atom stereocenters. The molecule has 4 nitrogen and oxygen atoms in total. The van der Waals surface area contributed by atoms with E-state index in [2.05, 4.69) is 5.10 Å². The van der Waals surface area contributed by atoms with Crippen LogP contribution >= 0.6 is 0 Å². The Labute approximate surface area is 111 Å². The van der Waals surface area contributed by atoms with Gasteiger partial charge in [0.05, 0.1) is 24.4 Å². The van der Waals surface area contributed by atoms with E-state index < -0.39 is 0 Å². The van der Waals surface area contributed by atoms with Crippen LogP contribution in [0, 0.1) is 0 Å². The number of furan rings is 1. The molecule has 0 saturated heterocycles. The Hall–Kier alpha value is -2.33. The maximum absolute atomic E-state index is 6.18. The largest absolute Gasteiger partial charge is 0.472 e. The molecule has 0 bridgehead atoms. The number of rotatable bonds is 4. The predicted octanol–water partition coefficient (Wildman–Crippen LogP) is 2.71. The number of para-hydroxylation sites is 1. The topological polar surface area (TPSA) is 57.0 Å². The molecule has 1 aromatic carbocycles. The van der Waals surface area contributed by atoms with Crippen molar-refractivity contribution in [2.75, 3.05) is 0 Å². The van der Waals surface area contributed by atoms with Gasteiger partial charge in [0.2, 0.25) is 0 Å². The van der Waals surface area contributed by atoms with Gasteiger partial charge in [0.1, 0.15) is 0 Å². The Bertz CT molecular complexity index is 628. The first-order chi connectivity index (χ1) is 9.33. The average Bonchev–Trinajstić information content (AvgIpc) is 3.10. The fraction of sp³-hybridized carbons (Fsp3) is 0.133. The molecule has 19 heavy (non-hydrogen) atoms. The first-order valence-corrected chi connectivity index (χ1v) is 6.19. The van der Waals surface area contributed by atoms with E-state index in [0.29, 0.717) is 0 Å². The summed E-state index contributed by atoms with van der Waals surface area (Å²) < 4.78 is 6.89. The summed E-state index contributed by atoms with van der Waals surface area (Å²) in [5, 5.41) is 4.35. The van der Waals surface area contributed by atoms with Gasteiger partial charge in [-0.3, -0.25) is 0 Å². The molecule has 3 rings (SSSR count). The van der Waals surface area contributed by atoms with E-state index in [1.165, 1.54) is 0 Å². The van der Waals surface area contributed by atoms with Crippen LogP contribution in [0.15, 0.2) is 65.7 Å². The Morgan fingerprint density at radius 2 is 2.05 bits per heavy atom. The number of benzene rings is 1. The maximum Gasteiger partial charge on any atom is 0.0935 e. The minimum Gasteiger partial charge on any atom is -0.472 e. The number of hydrogen-bond acceptors (Lipinski definition) is 3. The molecule has 0 saturated carbocycles. The highest BCUT2D eigenvalue weighted by Gasteiger charge is 2.10. The van der Waals surface area contributed by atoms with Crippen LogP contribution in [-0.4, -0.2) is 9.78 Å². The Kier molecular flexibility index (Phi) is 3.16. The van der Waals surface area contributed by atoms with E-state index in [-0.39, 0.29) is 6.04 Å². The SMILES string of the molecule is NC(Cc1ccoc1)c1cnn(-c2ccccc2)c1. The molecule has 96 valence electrons. The average molecular weight is 253 g/mol. The molecule has 1 atom stereocenters. The fourth-order valence-corrected chi connectivity index (χ4v) is 2.03. The number of nitrogens with zero attached hydrogens (tertiary/aromatic N) is 2. The lowest BCUT2D eigenvalue weighted by Gasteiger charge is -2.07. The molecule has 3 aromatic rings. The van der Waals surface area contributed by atoms with Crippen LogP contribution in [0.2, 0.25) is 0 Å². The lowest BCUT2D eigenvalue weighted by Crippen LogP contribution is -2.12. The third-order valence-corrected chi connectivity index (χ3v) is 3.09. The molecular formula is C15H15N3O. The van der Waals surface area contributed by atoms with Crippen LogP contribution in [0.3, 0.4) is 0 Å². The van der Waals surface area contributed by atoms with Crippen molar-refractivity contribution in [2.24, 2.45) is 5.73 Å². The number of hydrogen-bond donors (Lipinski definition) is 1. The zero-order valence-electron chi connectivity index (χ0n) is 10.4. The van der Waals surface area contributed by atoms with Crippen LogP contribution < -0.4 is 5.73 Å². The summed E-state index contributed by atoms with van der Waals surface area (Å²) in [7, 11) is 0. The van der Waals surface area contributed by atoms with Gasteiger partial charge in [-0.15, -0.1) is 0 Å². The van der Waals surface area contributed by atoms with Gasteiger partial charge in [-0.05, 0) is 30.2 Å². The number of aromatic nitrogens is 2. The van der Waals surface area contributed by atoms with Gasteiger partial charge >= 0.3 is 0 Å². The van der Waals surface area contributed by atoms with E-state index in [4.69, 9.17) is 10.2 Å². The van der Waals surface area contributed by atoms with Gasteiger partial charge in [0, 0.05) is 17.8 Å². The Morgan fingerprint density at radius 3 is 2.79 bits per heavy atom. The van der Waals surface area contributed by atoms with Crippen LogP contribution in [-0.2, 0) is 6.42 Å². The summed E-state index contributed by atoms with van der Waals surface area (Å²) in [4.78, 5) is 0. The van der Waals surface area contributed by atoms with Gasteiger partial charge in [0.25, 0.3) is 0 Å². The van der Waals surface area contributed by atoms with Gasteiger partial charge < -0.3 is 10.2 Å². The van der Waals surface area contributed by atoms with Gasteiger partial charge in [-0.25, -0.2) is 4.68 Å². The molecule has 0 aliphatic heterocycles. The minimum atomic E-state index is -0.0740. The van der Waals surface area contributed by atoms with E-state index >= 15 is 0 Å². The summed E-state index contributed by atoms with van der Waals surface area (Å²) in [6, 6.07) is 11.8. The monoisotopic (exact) mass is 253 g/mol. The molecule has 2 aromatic heterocycles. The molecule has 0 spiro atoms. The molecule has 0 amide bonds. The molecule has 0 aliphatic rings. The molecule has 4 heteroatoms. The second kappa shape index (κ2) is 5.12. The maximum atomic E-state index is 6.18. The minimum absolute atomic E-state index is 0.0740. The highest BCUT2D eigenvalue weighted by atomic mass is 16.3. The number of nitrogens with two attached hydrogens (primary N) is 1. The van der Waals surface area contributed by atoms with Crippen molar-refractivity contribution in [3.8, 4) is 5.69 Å². The third kappa shape index (κ3) is 2.58. The second-order valence-corrected chi connectivity index (χ2v) is 4.50. The standard InChI is InChI=1S/C15H15N3O/c16-15(8-12-6-7-19-11-12)13-9-17-18(10-13)14-4-2-1-3-5-14/h1-7,9-11,15H,8,16H2. The van der Waals surface area contributed by atoms with Gasteiger partial charge in [-0.2, -0.15) is 5.10 Å². The van der Waals surface area contributed by atoms with Crippen molar-refractivity contribution in [3.63, 3.8) is 0 Å². The van der Waals surface area contributed by atoms with E-state index in [1.54, 1.807) is 12.5 Å². The summed E-state index contributed by atoms with van der Waals surface area (Å²) in [6.45, 7) is 0.